The number of ether oxygens (including phenoxy) is 1. The highest BCUT2D eigenvalue weighted by Crippen LogP contribution is 2.03. The van der Waals surface area contributed by atoms with Crippen molar-refractivity contribution in [2.24, 2.45) is 0 Å². The van der Waals surface area contributed by atoms with Crippen LogP contribution in [-0.2, 0) is 9.53 Å². The highest BCUT2D eigenvalue weighted by atomic mass is 16.5. The van der Waals surface area contributed by atoms with Gasteiger partial charge in [0.05, 0.1) is 13.0 Å². The largest absolute Gasteiger partial charge is 0.466 e. The zero-order chi connectivity index (χ0) is 12.0. The molecule has 0 aromatic heterocycles. The SMILES string of the molecule is CCOC(=O)CCN1CCN(C(=O)O)CC1. The molecule has 1 aliphatic heterocycles. The average Bonchev–Trinajstić information content (AvgIpc) is 2.27. The quantitative estimate of drug-likeness (QED) is 0.700. The summed E-state index contributed by atoms with van der Waals surface area (Å²) in [6.07, 6.45) is -0.494. The first-order chi connectivity index (χ1) is 7.63. The van der Waals surface area contributed by atoms with Gasteiger partial charge in [0.25, 0.3) is 0 Å². The van der Waals surface area contributed by atoms with Gasteiger partial charge in [-0.2, -0.15) is 0 Å². The molecule has 0 bridgehead atoms. The number of rotatable bonds is 4. The Kier molecular flexibility index (Phi) is 5.04. The third-order valence-corrected chi connectivity index (χ3v) is 2.58. The fraction of sp³-hybridized carbons (Fsp3) is 0.800. The molecule has 1 fully saturated rings. The fourth-order valence-corrected chi connectivity index (χ4v) is 1.65. The number of carboxylic acid groups (broad SMARTS) is 1. The Bertz CT molecular complexity index is 249. The molecule has 0 aromatic carbocycles. The zero-order valence-electron chi connectivity index (χ0n) is 9.52. The molecule has 0 unspecified atom stereocenters. The number of hydrogen-bond acceptors (Lipinski definition) is 4. The van der Waals surface area contributed by atoms with Gasteiger partial charge in [-0.15, -0.1) is 0 Å². The van der Waals surface area contributed by atoms with E-state index in [-0.39, 0.29) is 5.97 Å². The van der Waals surface area contributed by atoms with Gasteiger partial charge in [0.15, 0.2) is 0 Å². The molecule has 1 N–H and O–H groups in total. The van der Waals surface area contributed by atoms with E-state index in [9.17, 15) is 9.59 Å². The standard InChI is InChI=1S/C10H18N2O4/c1-2-16-9(13)3-4-11-5-7-12(8-6-11)10(14)15/h2-8H2,1H3,(H,14,15). The van der Waals surface area contributed by atoms with Gasteiger partial charge in [0.2, 0.25) is 0 Å². The second-order valence-corrected chi connectivity index (χ2v) is 3.67. The number of esters is 1. The monoisotopic (exact) mass is 230 g/mol. The fourth-order valence-electron chi connectivity index (χ4n) is 1.65. The highest BCUT2D eigenvalue weighted by molar-refractivity contribution is 5.69. The summed E-state index contributed by atoms with van der Waals surface area (Å²) in [5.41, 5.74) is 0. The van der Waals surface area contributed by atoms with E-state index >= 15 is 0 Å². The van der Waals surface area contributed by atoms with E-state index < -0.39 is 6.09 Å². The van der Waals surface area contributed by atoms with Crippen LogP contribution in [0.15, 0.2) is 0 Å². The van der Waals surface area contributed by atoms with Crippen LogP contribution in [0.4, 0.5) is 4.79 Å². The van der Waals surface area contributed by atoms with Gasteiger partial charge in [-0.3, -0.25) is 9.69 Å². The number of amides is 1. The van der Waals surface area contributed by atoms with Crippen molar-refractivity contribution in [2.45, 2.75) is 13.3 Å². The van der Waals surface area contributed by atoms with Gasteiger partial charge in [-0.05, 0) is 6.92 Å². The first-order valence-corrected chi connectivity index (χ1v) is 5.49. The maximum absolute atomic E-state index is 11.1. The van der Waals surface area contributed by atoms with Crippen LogP contribution in [0, 0.1) is 0 Å². The maximum atomic E-state index is 11.1. The molecular formula is C10H18N2O4. The molecule has 0 aliphatic carbocycles. The van der Waals surface area contributed by atoms with Gasteiger partial charge in [-0.25, -0.2) is 4.79 Å². The van der Waals surface area contributed by atoms with Crippen LogP contribution in [0.25, 0.3) is 0 Å². The van der Waals surface area contributed by atoms with Gasteiger partial charge in [0.1, 0.15) is 0 Å². The summed E-state index contributed by atoms with van der Waals surface area (Å²) >= 11 is 0. The zero-order valence-corrected chi connectivity index (χ0v) is 9.52. The summed E-state index contributed by atoms with van der Waals surface area (Å²) < 4.78 is 4.82. The minimum Gasteiger partial charge on any atom is -0.466 e. The summed E-state index contributed by atoms with van der Waals surface area (Å²) in [6, 6.07) is 0. The number of hydrogen-bond donors (Lipinski definition) is 1. The van der Waals surface area contributed by atoms with Crippen molar-refractivity contribution in [3.8, 4) is 0 Å². The molecule has 1 amide bonds. The molecule has 6 heteroatoms. The van der Waals surface area contributed by atoms with Crippen LogP contribution in [0.3, 0.4) is 0 Å². The lowest BCUT2D eigenvalue weighted by Gasteiger charge is -2.32. The van der Waals surface area contributed by atoms with Crippen molar-refractivity contribution in [1.29, 1.82) is 0 Å². The van der Waals surface area contributed by atoms with E-state index in [1.54, 1.807) is 6.92 Å². The molecule has 16 heavy (non-hydrogen) atoms. The number of piperazine rings is 1. The molecule has 0 atom stereocenters. The van der Waals surface area contributed by atoms with Crippen molar-refractivity contribution in [3.63, 3.8) is 0 Å². The lowest BCUT2D eigenvalue weighted by atomic mass is 10.3. The number of nitrogens with zero attached hydrogens (tertiary/aromatic N) is 2. The topological polar surface area (TPSA) is 70.1 Å². The summed E-state index contributed by atoms with van der Waals surface area (Å²) in [7, 11) is 0. The van der Waals surface area contributed by atoms with E-state index in [0.29, 0.717) is 45.8 Å². The van der Waals surface area contributed by atoms with E-state index in [0.717, 1.165) is 0 Å². The second kappa shape index (κ2) is 6.32. The Balaban J connectivity index is 2.17. The van der Waals surface area contributed by atoms with E-state index in [1.807, 2.05) is 0 Å². The normalized spacial score (nSPS) is 17.2. The second-order valence-electron chi connectivity index (χ2n) is 3.67. The van der Waals surface area contributed by atoms with Crippen LogP contribution in [0.2, 0.25) is 0 Å². The summed E-state index contributed by atoms with van der Waals surface area (Å²) in [5.74, 6) is -0.192. The molecule has 1 heterocycles. The maximum Gasteiger partial charge on any atom is 0.407 e. The molecule has 1 saturated heterocycles. The molecule has 0 radical (unpaired) electrons. The number of carbonyl (C=O) groups excluding carboxylic acids is 1. The van der Waals surface area contributed by atoms with Gasteiger partial charge in [0, 0.05) is 32.7 Å². The predicted octanol–water partition coefficient (Wildman–Crippen LogP) is 0.235. The minimum absolute atomic E-state index is 0.192. The van der Waals surface area contributed by atoms with Crippen molar-refractivity contribution in [1.82, 2.24) is 9.80 Å². The third-order valence-electron chi connectivity index (χ3n) is 2.58. The first kappa shape index (κ1) is 12.8. The van der Waals surface area contributed by atoms with Gasteiger partial charge in [-0.1, -0.05) is 0 Å². The lowest BCUT2D eigenvalue weighted by molar-refractivity contribution is -0.143. The average molecular weight is 230 g/mol. The molecular weight excluding hydrogens is 212 g/mol. The predicted molar refractivity (Wildman–Crippen MR) is 57.3 cm³/mol. The lowest BCUT2D eigenvalue weighted by Crippen LogP contribution is -2.48. The highest BCUT2D eigenvalue weighted by Gasteiger charge is 2.20. The first-order valence-electron chi connectivity index (χ1n) is 5.49. The van der Waals surface area contributed by atoms with Gasteiger partial charge < -0.3 is 14.7 Å². The summed E-state index contributed by atoms with van der Waals surface area (Å²) in [4.78, 5) is 25.2. The Hall–Kier alpha value is -1.30. The molecule has 0 spiro atoms. The Labute approximate surface area is 94.8 Å². The van der Waals surface area contributed by atoms with Crippen molar-refractivity contribution in [2.75, 3.05) is 39.3 Å². The van der Waals surface area contributed by atoms with Crippen molar-refractivity contribution >= 4 is 12.1 Å². The Morgan fingerprint density at radius 2 is 1.88 bits per heavy atom. The van der Waals surface area contributed by atoms with Crippen LogP contribution in [-0.4, -0.2) is 66.3 Å². The van der Waals surface area contributed by atoms with E-state index in [1.165, 1.54) is 4.90 Å². The molecule has 0 aromatic rings. The summed E-state index contributed by atoms with van der Waals surface area (Å²) in [5, 5.41) is 8.75. The van der Waals surface area contributed by atoms with Gasteiger partial charge >= 0.3 is 12.1 Å². The van der Waals surface area contributed by atoms with E-state index in [2.05, 4.69) is 4.90 Å². The summed E-state index contributed by atoms with van der Waals surface area (Å²) in [6.45, 7) is 5.23. The number of carbonyl (C=O) groups is 2. The van der Waals surface area contributed by atoms with Crippen LogP contribution in [0.1, 0.15) is 13.3 Å². The van der Waals surface area contributed by atoms with Crippen LogP contribution < -0.4 is 0 Å². The Morgan fingerprint density at radius 3 is 2.38 bits per heavy atom. The molecule has 92 valence electrons. The van der Waals surface area contributed by atoms with Crippen LogP contribution in [0.5, 0.6) is 0 Å². The van der Waals surface area contributed by atoms with Crippen molar-refractivity contribution < 1.29 is 19.4 Å². The Morgan fingerprint density at radius 1 is 1.25 bits per heavy atom. The minimum atomic E-state index is -0.870. The van der Waals surface area contributed by atoms with E-state index in [4.69, 9.17) is 9.84 Å². The van der Waals surface area contributed by atoms with Crippen LogP contribution >= 0.6 is 0 Å². The third kappa shape index (κ3) is 4.06. The molecule has 0 saturated carbocycles. The molecule has 1 rings (SSSR count). The smallest absolute Gasteiger partial charge is 0.407 e. The molecule has 6 nitrogen and oxygen atoms in total. The molecule has 1 aliphatic rings. The van der Waals surface area contributed by atoms with Crippen molar-refractivity contribution in [3.05, 3.63) is 0 Å².